The summed E-state index contributed by atoms with van der Waals surface area (Å²) in [5.74, 6) is 1.81. The number of imidazole rings is 1. The number of hydrogen-bond donors (Lipinski definition) is 3. The number of pyridine rings is 1. The zero-order chi connectivity index (χ0) is 44.3. The maximum Gasteiger partial charge on any atom is 0.329 e. The first-order valence-corrected chi connectivity index (χ1v) is 22.9. The summed E-state index contributed by atoms with van der Waals surface area (Å²) in [7, 11) is 1.77. The lowest BCUT2D eigenvalue weighted by molar-refractivity contribution is -0.124. The molecule has 15 nitrogen and oxygen atoms in total. The van der Waals surface area contributed by atoms with Gasteiger partial charge >= 0.3 is 5.69 Å². The van der Waals surface area contributed by atoms with Gasteiger partial charge in [-0.2, -0.15) is 5.10 Å². The van der Waals surface area contributed by atoms with E-state index >= 15 is 0 Å². The number of para-hydroxylation sites is 1. The first-order chi connectivity index (χ1) is 31.1. The Morgan fingerprint density at radius 1 is 1.03 bits per heavy atom. The number of rotatable bonds is 17. The fraction of sp³-hybridized carbons (Fsp3) is 0.532. The van der Waals surface area contributed by atoms with Gasteiger partial charge in [-0.1, -0.05) is 18.7 Å². The summed E-state index contributed by atoms with van der Waals surface area (Å²) in [6.07, 6.45) is 12.6. The Bertz CT molecular complexity index is 2520. The molecule has 2 saturated carbocycles. The molecule has 6 heterocycles. The number of aromatic nitrogens is 6. The molecule has 2 saturated heterocycles. The van der Waals surface area contributed by atoms with Gasteiger partial charge in [0.05, 0.1) is 22.8 Å². The van der Waals surface area contributed by atoms with Crippen molar-refractivity contribution in [2.24, 2.45) is 24.8 Å². The van der Waals surface area contributed by atoms with E-state index in [2.05, 4.69) is 48.6 Å². The maximum absolute atomic E-state index is 14.2. The van der Waals surface area contributed by atoms with Crippen LogP contribution in [0.3, 0.4) is 0 Å². The highest BCUT2D eigenvalue weighted by Gasteiger charge is 2.32. The van der Waals surface area contributed by atoms with Crippen molar-refractivity contribution in [3.63, 3.8) is 0 Å². The zero-order valence-corrected chi connectivity index (χ0v) is 36.4. The van der Waals surface area contributed by atoms with Crippen LogP contribution in [-0.2, 0) is 23.0 Å². The second-order valence-electron chi connectivity index (χ2n) is 18.2. The Labute approximate surface area is 370 Å². The van der Waals surface area contributed by atoms with Gasteiger partial charge in [0.25, 0.3) is 12.3 Å². The molecule has 64 heavy (non-hydrogen) atoms. The van der Waals surface area contributed by atoms with Gasteiger partial charge in [-0.3, -0.25) is 23.4 Å². The SMILES string of the molecule is C=C1CCC(n2c(=O)n(C)c3c(CCCOCC4CCN(C[C@H]5CC[C@H](n6cc(NC(=O)c7coc(-c8ccnc(NCC9CC9)c8)n7)c(C(F)F)n6)CC5)CC4)cccc32)C(=O)N1. The van der Waals surface area contributed by atoms with Crippen LogP contribution in [0.4, 0.5) is 20.3 Å². The third-order valence-corrected chi connectivity index (χ3v) is 13.6. The first-order valence-electron chi connectivity index (χ1n) is 22.9. The van der Waals surface area contributed by atoms with Crippen molar-refractivity contribution >= 4 is 34.4 Å². The molecular formula is C47H58F2N10O5. The van der Waals surface area contributed by atoms with Crippen molar-refractivity contribution < 1.29 is 27.5 Å². The number of carbonyl (C=O) groups is 2. The van der Waals surface area contributed by atoms with Crippen LogP contribution in [0.1, 0.15) is 111 Å². The second kappa shape index (κ2) is 19.2. The number of alkyl halides is 2. The second-order valence-corrected chi connectivity index (χ2v) is 18.2. The molecule has 2 amide bonds. The van der Waals surface area contributed by atoms with E-state index in [0.717, 1.165) is 101 Å². The maximum atomic E-state index is 14.2. The van der Waals surface area contributed by atoms with Gasteiger partial charge in [0, 0.05) is 57.0 Å². The standard InChI is InChI=1S/C47H58F2N10O5/c1-29-8-15-39(45(61)52-29)59-38-7-3-5-33(42(38)56(2)47(59)62)6-4-22-63-27-32-17-20-57(21-18-32)25-31-11-13-35(14-12-31)58-26-36(41(55-58)43(48)49)53-44(60)37-28-64-46(54-37)34-16-19-50-40(23-34)51-24-30-9-10-30/h3,5,7,16,19,23,26,28,30-32,35,39,43H,1,4,6,8-15,17-18,20-22,24-25,27H2,2H3,(H,50,51)(H,52,61)(H,53,60)/t31-,35-,39?. The van der Waals surface area contributed by atoms with Gasteiger partial charge in [-0.05, 0) is 132 Å². The lowest BCUT2D eigenvalue weighted by atomic mass is 9.85. The van der Waals surface area contributed by atoms with E-state index in [1.807, 2.05) is 18.2 Å². The molecule has 9 rings (SSSR count). The summed E-state index contributed by atoms with van der Waals surface area (Å²) in [6, 6.07) is 8.91. The summed E-state index contributed by atoms with van der Waals surface area (Å²) in [5.41, 5.74) is 3.38. The fourth-order valence-electron chi connectivity index (χ4n) is 9.72. The average Bonchev–Trinajstić information content (AvgIpc) is 3.70. The number of aryl methyl sites for hydroxylation is 2. The van der Waals surface area contributed by atoms with Crippen molar-refractivity contribution in [2.75, 3.05) is 50.0 Å². The van der Waals surface area contributed by atoms with E-state index < -0.39 is 24.1 Å². The lowest BCUT2D eigenvalue weighted by Crippen LogP contribution is -2.40. The average molecular weight is 881 g/mol. The molecule has 1 unspecified atom stereocenters. The largest absolute Gasteiger partial charge is 0.444 e. The van der Waals surface area contributed by atoms with Gasteiger partial charge in [-0.15, -0.1) is 0 Å². The molecule has 17 heteroatoms. The molecule has 1 aromatic carbocycles. The third-order valence-electron chi connectivity index (χ3n) is 13.6. The topological polar surface area (TPSA) is 166 Å². The van der Waals surface area contributed by atoms with Crippen LogP contribution in [0, 0.1) is 17.8 Å². The molecule has 1 atom stereocenters. The molecule has 340 valence electrons. The molecule has 4 fully saturated rings. The summed E-state index contributed by atoms with van der Waals surface area (Å²) in [6.45, 7) is 9.18. The number of piperidine rings is 2. The zero-order valence-electron chi connectivity index (χ0n) is 36.4. The summed E-state index contributed by atoms with van der Waals surface area (Å²) < 4.78 is 45.1. The number of allylic oxidation sites excluding steroid dienone is 1. The molecule has 0 bridgehead atoms. The van der Waals surface area contributed by atoms with Crippen LogP contribution in [0.2, 0.25) is 0 Å². The molecule has 4 aliphatic rings. The summed E-state index contributed by atoms with van der Waals surface area (Å²) in [4.78, 5) is 50.5. The van der Waals surface area contributed by atoms with E-state index in [0.29, 0.717) is 54.3 Å². The van der Waals surface area contributed by atoms with Crippen LogP contribution in [-0.4, -0.2) is 85.0 Å². The smallest absolute Gasteiger partial charge is 0.329 e. The molecule has 2 aliphatic carbocycles. The van der Waals surface area contributed by atoms with Gasteiger partial charge in [0.1, 0.15) is 18.1 Å². The third kappa shape index (κ3) is 9.84. The van der Waals surface area contributed by atoms with Crippen LogP contribution < -0.4 is 21.6 Å². The molecule has 0 radical (unpaired) electrons. The Kier molecular flexibility index (Phi) is 13.1. The van der Waals surface area contributed by atoms with Gasteiger partial charge in [-0.25, -0.2) is 23.5 Å². The molecule has 3 N–H and O–H groups in total. The lowest BCUT2D eigenvalue weighted by Gasteiger charge is -2.36. The normalized spacial score (nSPS) is 21.2. The van der Waals surface area contributed by atoms with Gasteiger partial charge < -0.3 is 30.0 Å². The van der Waals surface area contributed by atoms with Crippen molar-refractivity contribution in [2.45, 2.75) is 95.6 Å². The van der Waals surface area contributed by atoms with Crippen molar-refractivity contribution in [1.29, 1.82) is 0 Å². The Hall–Kier alpha value is -5.68. The predicted octanol–water partition coefficient (Wildman–Crippen LogP) is 7.66. The number of benzene rings is 1. The minimum absolute atomic E-state index is 0.0197. The first kappa shape index (κ1) is 43.6. The number of oxazole rings is 1. The van der Waals surface area contributed by atoms with E-state index in [4.69, 9.17) is 9.15 Å². The Morgan fingerprint density at radius 3 is 2.59 bits per heavy atom. The number of fused-ring (bicyclic) bond motifs is 1. The summed E-state index contributed by atoms with van der Waals surface area (Å²) >= 11 is 0. The molecule has 4 aromatic heterocycles. The van der Waals surface area contributed by atoms with E-state index in [1.54, 1.807) is 33.1 Å². The van der Waals surface area contributed by atoms with E-state index in [-0.39, 0.29) is 34.9 Å². The van der Waals surface area contributed by atoms with Crippen LogP contribution >= 0.6 is 0 Å². The Balaban J connectivity index is 0.697. The monoisotopic (exact) mass is 880 g/mol. The number of halogens is 2. The fourth-order valence-corrected chi connectivity index (χ4v) is 9.72. The minimum atomic E-state index is -2.86. The number of nitrogens with zero attached hydrogens (tertiary/aromatic N) is 7. The molecular weight excluding hydrogens is 823 g/mol. The van der Waals surface area contributed by atoms with Gasteiger partial charge in [0.2, 0.25) is 11.8 Å². The summed E-state index contributed by atoms with van der Waals surface area (Å²) in [5, 5.41) is 13.0. The number of carbonyl (C=O) groups excluding carboxylic acids is 2. The van der Waals surface area contributed by atoms with Crippen LogP contribution in [0.15, 0.2) is 70.5 Å². The van der Waals surface area contributed by atoms with Crippen molar-refractivity contribution in [3.8, 4) is 11.5 Å². The van der Waals surface area contributed by atoms with Crippen molar-refractivity contribution in [1.82, 2.24) is 39.1 Å². The van der Waals surface area contributed by atoms with Crippen molar-refractivity contribution in [3.05, 3.63) is 88.7 Å². The highest BCUT2D eigenvalue weighted by atomic mass is 19.3. The quantitative estimate of drug-likeness (QED) is 0.0790. The highest BCUT2D eigenvalue weighted by Crippen LogP contribution is 2.36. The van der Waals surface area contributed by atoms with E-state index in [9.17, 15) is 23.2 Å². The predicted molar refractivity (Wildman–Crippen MR) is 238 cm³/mol. The van der Waals surface area contributed by atoms with Crippen LogP contribution in [0.25, 0.3) is 22.5 Å². The number of nitrogens with one attached hydrogen (secondary N) is 3. The number of ether oxygens (including phenoxy) is 1. The van der Waals surface area contributed by atoms with Gasteiger partial charge in [0.15, 0.2) is 11.4 Å². The highest BCUT2D eigenvalue weighted by molar-refractivity contribution is 6.03. The Morgan fingerprint density at radius 2 is 1.83 bits per heavy atom. The van der Waals surface area contributed by atoms with E-state index in [1.165, 1.54) is 25.3 Å². The number of anilines is 2. The van der Waals surface area contributed by atoms with Crippen LogP contribution in [0.5, 0.6) is 0 Å². The number of likely N-dealkylation sites (tertiary alicyclic amines) is 1. The molecule has 0 spiro atoms. The number of hydrogen-bond acceptors (Lipinski definition) is 10. The molecule has 5 aromatic rings. The molecule has 2 aliphatic heterocycles. The minimum Gasteiger partial charge on any atom is -0.444 e. The number of amides is 2.